The number of benzene rings is 1. The number of aliphatic imine (C=N–C) groups is 1. The van der Waals surface area contributed by atoms with Crippen molar-refractivity contribution in [3.05, 3.63) is 29.8 Å². The van der Waals surface area contributed by atoms with Crippen molar-refractivity contribution in [3.63, 3.8) is 0 Å². The Morgan fingerprint density at radius 3 is 2.50 bits per heavy atom. The molecule has 0 atom stereocenters. The van der Waals surface area contributed by atoms with Gasteiger partial charge in [0.1, 0.15) is 11.4 Å². The van der Waals surface area contributed by atoms with Gasteiger partial charge in [-0.1, -0.05) is 18.2 Å². The zero-order chi connectivity index (χ0) is 19.3. The van der Waals surface area contributed by atoms with Crippen molar-refractivity contribution in [1.29, 1.82) is 0 Å². The van der Waals surface area contributed by atoms with Crippen LogP contribution < -0.4 is 15.4 Å². The highest BCUT2D eigenvalue weighted by atomic mass is 16.5. The van der Waals surface area contributed by atoms with E-state index in [-0.39, 0.29) is 5.60 Å². The molecule has 1 aromatic rings. The summed E-state index contributed by atoms with van der Waals surface area (Å²) in [5.41, 5.74) is 0.887. The lowest BCUT2D eigenvalue weighted by atomic mass is 10.1. The van der Waals surface area contributed by atoms with E-state index in [4.69, 9.17) is 14.2 Å². The third-order valence-electron chi connectivity index (χ3n) is 3.50. The zero-order valence-corrected chi connectivity index (χ0v) is 16.9. The molecule has 6 nitrogen and oxygen atoms in total. The smallest absolute Gasteiger partial charge is 0.191 e. The second kappa shape index (κ2) is 12.5. The molecule has 0 aliphatic rings. The highest BCUT2D eigenvalue weighted by Gasteiger charge is 2.14. The topological polar surface area (TPSA) is 64.1 Å². The molecule has 0 bridgehead atoms. The Balaban J connectivity index is 2.32. The van der Waals surface area contributed by atoms with Gasteiger partial charge in [-0.25, -0.2) is 0 Å². The van der Waals surface area contributed by atoms with Gasteiger partial charge in [-0.2, -0.15) is 0 Å². The highest BCUT2D eigenvalue weighted by molar-refractivity contribution is 5.79. The average Bonchev–Trinajstić information content (AvgIpc) is 2.59. The van der Waals surface area contributed by atoms with Gasteiger partial charge in [0, 0.05) is 39.4 Å². The van der Waals surface area contributed by atoms with Crippen LogP contribution >= 0.6 is 0 Å². The number of unbranched alkanes of at least 4 members (excludes halogenated alkanes) is 1. The van der Waals surface area contributed by atoms with E-state index in [1.165, 1.54) is 0 Å². The molecule has 0 aliphatic carbocycles. The Morgan fingerprint density at radius 1 is 1.04 bits per heavy atom. The van der Waals surface area contributed by atoms with E-state index in [1.807, 2.05) is 18.2 Å². The summed E-state index contributed by atoms with van der Waals surface area (Å²) < 4.78 is 16.4. The standard InChI is InChI=1S/C20H35N3O3/c1-20(2,3)26-18-11-7-6-10-17(18)16-23-19(21-4)22-12-8-9-13-25-15-14-24-5/h6-7,10-11H,8-9,12-16H2,1-5H3,(H2,21,22,23). The van der Waals surface area contributed by atoms with E-state index in [0.29, 0.717) is 19.8 Å². The van der Waals surface area contributed by atoms with Crippen LogP contribution in [-0.4, -0.2) is 52.1 Å². The van der Waals surface area contributed by atoms with Crippen molar-refractivity contribution >= 4 is 5.96 Å². The van der Waals surface area contributed by atoms with Crippen LogP contribution in [0.3, 0.4) is 0 Å². The first-order valence-electron chi connectivity index (χ1n) is 9.24. The number of guanidine groups is 1. The lowest BCUT2D eigenvalue weighted by molar-refractivity contribution is 0.0689. The number of hydrogen-bond acceptors (Lipinski definition) is 4. The maximum Gasteiger partial charge on any atom is 0.191 e. The molecule has 0 aromatic heterocycles. The van der Waals surface area contributed by atoms with Gasteiger partial charge in [-0.15, -0.1) is 0 Å². The summed E-state index contributed by atoms with van der Waals surface area (Å²) >= 11 is 0. The predicted molar refractivity (Wildman–Crippen MR) is 107 cm³/mol. The molecule has 0 unspecified atom stereocenters. The van der Waals surface area contributed by atoms with Crippen LogP contribution in [0.1, 0.15) is 39.2 Å². The molecule has 0 saturated carbocycles. The van der Waals surface area contributed by atoms with Crippen LogP contribution in [0.5, 0.6) is 5.75 Å². The first kappa shape index (κ1) is 22.3. The van der Waals surface area contributed by atoms with Crippen LogP contribution in [0.2, 0.25) is 0 Å². The number of nitrogens with one attached hydrogen (secondary N) is 2. The summed E-state index contributed by atoms with van der Waals surface area (Å²) in [6.45, 7) is 9.73. The van der Waals surface area contributed by atoms with Crippen LogP contribution in [0, 0.1) is 0 Å². The third kappa shape index (κ3) is 10.3. The number of para-hydroxylation sites is 1. The Morgan fingerprint density at radius 2 is 1.81 bits per heavy atom. The van der Waals surface area contributed by atoms with Crippen molar-refractivity contribution in [2.75, 3.05) is 40.5 Å². The molecule has 0 heterocycles. The summed E-state index contributed by atoms with van der Waals surface area (Å²) in [5.74, 6) is 1.69. The number of nitrogens with zero attached hydrogens (tertiary/aromatic N) is 1. The Labute approximate surface area is 158 Å². The predicted octanol–water partition coefficient (Wildman–Crippen LogP) is 2.97. The fraction of sp³-hybridized carbons (Fsp3) is 0.650. The van der Waals surface area contributed by atoms with Gasteiger partial charge in [0.05, 0.1) is 13.2 Å². The largest absolute Gasteiger partial charge is 0.488 e. The molecule has 26 heavy (non-hydrogen) atoms. The van der Waals surface area contributed by atoms with Crippen molar-refractivity contribution in [3.8, 4) is 5.75 Å². The Bertz CT molecular complexity index is 527. The van der Waals surface area contributed by atoms with E-state index in [2.05, 4.69) is 42.5 Å². The number of methoxy groups -OCH3 is 1. The van der Waals surface area contributed by atoms with Crippen LogP contribution in [0.25, 0.3) is 0 Å². The summed E-state index contributed by atoms with van der Waals surface area (Å²) in [7, 11) is 3.46. The number of rotatable bonds is 11. The molecule has 0 amide bonds. The molecule has 0 radical (unpaired) electrons. The molecule has 0 aliphatic heterocycles. The fourth-order valence-electron chi connectivity index (χ4n) is 2.26. The Kier molecular flexibility index (Phi) is 10.7. The second-order valence-electron chi connectivity index (χ2n) is 6.99. The van der Waals surface area contributed by atoms with Gasteiger partial charge in [0.15, 0.2) is 5.96 Å². The highest BCUT2D eigenvalue weighted by Crippen LogP contribution is 2.22. The molecule has 6 heteroatoms. The zero-order valence-electron chi connectivity index (χ0n) is 16.9. The van der Waals surface area contributed by atoms with E-state index in [1.54, 1.807) is 14.2 Å². The van der Waals surface area contributed by atoms with Gasteiger partial charge in [-0.05, 0) is 39.7 Å². The van der Waals surface area contributed by atoms with E-state index >= 15 is 0 Å². The lowest BCUT2D eigenvalue weighted by Gasteiger charge is -2.23. The minimum atomic E-state index is -0.221. The third-order valence-corrected chi connectivity index (χ3v) is 3.50. The van der Waals surface area contributed by atoms with Crippen LogP contribution in [-0.2, 0) is 16.0 Å². The number of ether oxygens (including phenoxy) is 3. The molecule has 0 spiro atoms. The molecular weight excluding hydrogens is 330 g/mol. The quantitative estimate of drug-likeness (QED) is 0.359. The van der Waals surface area contributed by atoms with E-state index in [0.717, 1.165) is 43.3 Å². The molecule has 2 N–H and O–H groups in total. The van der Waals surface area contributed by atoms with Crippen molar-refractivity contribution in [1.82, 2.24) is 10.6 Å². The van der Waals surface area contributed by atoms with Gasteiger partial charge in [-0.3, -0.25) is 4.99 Å². The fourth-order valence-corrected chi connectivity index (χ4v) is 2.26. The first-order chi connectivity index (χ1) is 12.5. The first-order valence-corrected chi connectivity index (χ1v) is 9.24. The van der Waals surface area contributed by atoms with Crippen molar-refractivity contribution < 1.29 is 14.2 Å². The molecule has 1 rings (SSSR count). The van der Waals surface area contributed by atoms with Gasteiger partial charge in [0.2, 0.25) is 0 Å². The maximum atomic E-state index is 6.03. The van der Waals surface area contributed by atoms with Gasteiger partial charge < -0.3 is 24.8 Å². The lowest BCUT2D eigenvalue weighted by Crippen LogP contribution is -2.37. The van der Waals surface area contributed by atoms with E-state index in [9.17, 15) is 0 Å². The monoisotopic (exact) mass is 365 g/mol. The second-order valence-corrected chi connectivity index (χ2v) is 6.99. The average molecular weight is 366 g/mol. The molecule has 148 valence electrons. The Hall–Kier alpha value is -1.79. The SMILES string of the molecule is CN=C(NCCCCOCCOC)NCc1ccccc1OC(C)(C)C. The van der Waals surface area contributed by atoms with Crippen LogP contribution in [0.15, 0.2) is 29.3 Å². The summed E-state index contributed by atoms with van der Waals surface area (Å²) in [5, 5.41) is 6.67. The van der Waals surface area contributed by atoms with Crippen LogP contribution in [0.4, 0.5) is 0 Å². The van der Waals surface area contributed by atoms with E-state index < -0.39 is 0 Å². The number of hydrogen-bond donors (Lipinski definition) is 2. The minimum absolute atomic E-state index is 0.221. The summed E-state index contributed by atoms with van der Waals surface area (Å²) in [6, 6.07) is 8.08. The normalized spacial score (nSPS) is 12.1. The summed E-state index contributed by atoms with van der Waals surface area (Å²) in [4.78, 5) is 4.27. The van der Waals surface area contributed by atoms with Gasteiger partial charge in [0.25, 0.3) is 0 Å². The molecular formula is C20H35N3O3. The summed E-state index contributed by atoms with van der Waals surface area (Å²) in [6.07, 6.45) is 2.04. The molecule has 1 aromatic carbocycles. The van der Waals surface area contributed by atoms with Crippen molar-refractivity contribution in [2.45, 2.75) is 45.8 Å². The molecule has 0 saturated heterocycles. The molecule has 0 fully saturated rings. The maximum absolute atomic E-state index is 6.03. The van der Waals surface area contributed by atoms with Crippen molar-refractivity contribution in [2.24, 2.45) is 4.99 Å². The minimum Gasteiger partial charge on any atom is -0.488 e. The van der Waals surface area contributed by atoms with Gasteiger partial charge >= 0.3 is 0 Å².